The Balaban J connectivity index is 1.82. The van der Waals surface area contributed by atoms with E-state index in [9.17, 15) is 10.1 Å². The predicted molar refractivity (Wildman–Crippen MR) is 84.4 cm³/mol. The molecule has 3 rings (SSSR count). The molecule has 0 spiro atoms. The molecule has 0 saturated heterocycles. The van der Waals surface area contributed by atoms with E-state index in [-0.39, 0.29) is 10.6 Å². The lowest BCUT2D eigenvalue weighted by molar-refractivity contribution is -0.384. The van der Waals surface area contributed by atoms with Crippen molar-refractivity contribution in [3.63, 3.8) is 0 Å². The normalized spacial score (nSPS) is 10.5. The first-order valence-electron chi connectivity index (χ1n) is 6.69. The number of para-hydroxylation sites is 2. The second kappa shape index (κ2) is 5.63. The summed E-state index contributed by atoms with van der Waals surface area (Å²) in [5, 5.41) is 16.5. The van der Waals surface area contributed by atoms with Crippen molar-refractivity contribution in [3.05, 3.63) is 82.4 Å². The fourth-order valence-corrected chi connectivity index (χ4v) is 2.33. The first-order chi connectivity index (χ1) is 10.2. The van der Waals surface area contributed by atoms with E-state index in [4.69, 9.17) is 0 Å². The van der Waals surface area contributed by atoms with Gasteiger partial charge in [-0.25, -0.2) is 0 Å². The van der Waals surface area contributed by atoms with Gasteiger partial charge in [0, 0.05) is 12.6 Å². The second-order valence-electron chi connectivity index (χ2n) is 4.81. The van der Waals surface area contributed by atoms with Crippen LogP contribution in [0.1, 0.15) is 5.56 Å². The average Bonchev–Trinajstić information content (AvgIpc) is 2.53. The van der Waals surface area contributed by atoms with Gasteiger partial charge >= 0.3 is 0 Å². The third-order valence-corrected chi connectivity index (χ3v) is 3.40. The molecule has 0 heterocycles. The van der Waals surface area contributed by atoms with Crippen LogP contribution >= 0.6 is 0 Å². The monoisotopic (exact) mass is 278 g/mol. The molecule has 0 aromatic heterocycles. The summed E-state index contributed by atoms with van der Waals surface area (Å²) in [6, 6.07) is 21.0. The molecular weight excluding hydrogens is 264 g/mol. The van der Waals surface area contributed by atoms with Crippen LogP contribution in [0.2, 0.25) is 0 Å². The van der Waals surface area contributed by atoms with E-state index in [1.165, 1.54) is 16.8 Å². The molecule has 104 valence electrons. The van der Waals surface area contributed by atoms with Crippen LogP contribution in [0.25, 0.3) is 10.8 Å². The number of nitro groups is 1. The molecule has 0 radical (unpaired) electrons. The Hall–Kier alpha value is -2.88. The number of hydrogen-bond donors (Lipinski definition) is 1. The van der Waals surface area contributed by atoms with Gasteiger partial charge in [-0.2, -0.15) is 0 Å². The maximum Gasteiger partial charge on any atom is 0.292 e. The zero-order valence-electron chi connectivity index (χ0n) is 11.3. The molecule has 21 heavy (non-hydrogen) atoms. The van der Waals surface area contributed by atoms with Gasteiger partial charge in [-0.15, -0.1) is 0 Å². The summed E-state index contributed by atoms with van der Waals surface area (Å²) in [5.74, 6) is 0. The summed E-state index contributed by atoms with van der Waals surface area (Å²) in [6.07, 6.45) is 0. The van der Waals surface area contributed by atoms with Gasteiger partial charge in [0.2, 0.25) is 0 Å². The summed E-state index contributed by atoms with van der Waals surface area (Å²) in [7, 11) is 0. The van der Waals surface area contributed by atoms with Crippen molar-refractivity contribution in [2.75, 3.05) is 5.32 Å². The van der Waals surface area contributed by atoms with Crippen molar-refractivity contribution in [1.82, 2.24) is 0 Å². The molecule has 0 fully saturated rings. The number of fused-ring (bicyclic) bond motifs is 1. The van der Waals surface area contributed by atoms with Crippen LogP contribution in [-0.4, -0.2) is 4.92 Å². The van der Waals surface area contributed by atoms with E-state index in [0.29, 0.717) is 12.2 Å². The van der Waals surface area contributed by atoms with Crippen molar-refractivity contribution in [3.8, 4) is 0 Å². The maximum absolute atomic E-state index is 11.0. The summed E-state index contributed by atoms with van der Waals surface area (Å²) >= 11 is 0. The van der Waals surface area contributed by atoms with Gasteiger partial charge in [0.25, 0.3) is 5.69 Å². The van der Waals surface area contributed by atoms with Crippen LogP contribution in [0.5, 0.6) is 0 Å². The van der Waals surface area contributed by atoms with Crippen molar-refractivity contribution >= 4 is 22.1 Å². The van der Waals surface area contributed by atoms with Crippen LogP contribution in [0, 0.1) is 10.1 Å². The zero-order valence-corrected chi connectivity index (χ0v) is 11.3. The highest BCUT2D eigenvalue weighted by Crippen LogP contribution is 2.24. The first kappa shape index (κ1) is 13.1. The molecule has 3 aromatic carbocycles. The molecule has 0 saturated carbocycles. The second-order valence-corrected chi connectivity index (χ2v) is 4.81. The van der Waals surface area contributed by atoms with E-state index in [0.717, 1.165) is 5.56 Å². The minimum absolute atomic E-state index is 0.0956. The summed E-state index contributed by atoms with van der Waals surface area (Å²) in [6.45, 7) is 0.551. The largest absolute Gasteiger partial charge is 0.375 e. The number of nitro benzene ring substituents is 1. The highest BCUT2D eigenvalue weighted by atomic mass is 16.6. The molecule has 0 aliphatic rings. The van der Waals surface area contributed by atoms with E-state index < -0.39 is 0 Å². The number of nitrogens with one attached hydrogen (secondary N) is 1. The van der Waals surface area contributed by atoms with E-state index in [1.807, 2.05) is 18.2 Å². The van der Waals surface area contributed by atoms with Gasteiger partial charge in [-0.1, -0.05) is 48.5 Å². The summed E-state index contributed by atoms with van der Waals surface area (Å²) < 4.78 is 0. The molecule has 0 atom stereocenters. The van der Waals surface area contributed by atoms with E-state index >= 15 is 0 Å². The Labute approximate surface area is 122 Å². The van der Waals surface area contributed by atoms with Crippen LogP contribution in [-0.2, 0) is 6.54 Å². The van der Waals surface area contributed by atoms with Gasteiger partial charge in [-0.3, -0.25) is 10.1 Å². The van der Waals surface area contributed by atoms with Gasteiger partial charge in [0.15, 0.2) is 0 Å². The number of nitrogens with zero attached hydrogens (tertiary/aromatic N) is 1. The fourth-order valence-electron chi connectivity index (χ4n) is 2.33. The van der Waals surface area contributed by atoms with Crippen molar-refractivity contribution in [2.45, 2.75) is 6.54 Å². The molecule has 1 N–H and O–H groups in total. The maximum atomic E-state index is 11.0. The third kappa shape index (κ3) is 2.84. The number of rotatable bonds is 4. The average molecular weight is 278 g/mol. The minimum Gasteiger partial charge on any atom is -0.375 e. The molecule has 0 unspecified atom stereocenters. The molecule has 4 heteroatoms. The Morgan fingerprint density at radius 2 is 1.62 bits per heavy atom. The van der Waals surface area contributed by atoms with Crippen molar-refractivity contribution in [2.24, 2.45) is 0 Å². The lowest BCUT2D eigenvalue weighted by Crippen LogP contribution is -2.02. The van der Waals surface area contributed by atoms with Crippen LogP contribution < -0.4 is 5.32 Å². The number of anilines is 1. The van der Waals surface area contributed by atoms with Crippen molar-refractivity contribution < 1.29 is 4.92 Å². The molecular formula is C17H14N2O2. The topological polar surface area (TPSA) is 55.2 Å². The Morgan fingerprint density at radius 1 is 0.905 bits per heavy atom. The zero-order chi connectivity index (χ0) is 14.7. The Bertz CT molecular complexity index is 799. The van der Waals surface area contributed by atoms with Crippen molar-refractivity contribution in [1.29, 1.82) is 0 Å². The van der Waals surface area contributed by atoms with Gasteiger partial charge in [-0.05, 0) is 28.5 Å². The molecule has 0 aliphatic carbocycles. The smallest absolute Gasteiger partial charge is 0.292 e. The van der Waals surface area contributed by atoms with Gasteiger partial charge in [0.05, 0.1) is 4.92 Å². The van der Waals surface area contributed by atoms with Gasteiger partial charge in [0.1, 0.15) is 5.69 Å². The number of benzene rings is 3. The predicted octanol–water partition coefficient (Wildman–Crippen LogP) is 4.36. The van der Waals surface area contributed by atoms with Crippen LogP contribution in [0.15, 0.2) is 66.7 Å². The minimum atomic E-state index is -0.372. The standard InChI is InChI=1S/C17H14N2O2/c20-19(21)17-8-4-3-7-16(17)18-12-13-9-10-14-5-1-2-6-15(14)11-13/h1-11,18H,12H2. The highest BCUT2D eigenvalue weighted by molar-refractivity contribution is 5.83. The quantitative estimate of drug-likeness (QED) is 0.570. The first-order valence-corrected chi connectivity index (χ1v) is 6.69. The van der Waals surface area contributed by atoms with E-state index in [2.05, 4.69) is 29.6 Å². The van der Waals surface area contributed by atoms with Crippen LogP contribution in [0.3, 0.4) is 0 Å². The van der Waals surface area contributed by atoms with Gasteiger partial charge < -0.3 is 5.32 Å². The molecule has 0 aliphatic heterocycles. The SMILES string of the molecule is O=[N+]([O-])c1ccccc1NCc1ccc2ccccc2c1. The summed E-state index contributed by atoms with van der Waals surface area (Å²) in [4.78, 5) is 10.6. The Kier molecular flexibility index (Phi) is 3.51. The molecule has 0 bridgehead atoms. The highest BCUT2D eigenvalue weighted by Gasteiger charge is 2.11. The lowest BCUT2D eigenvalue weighted by atomic mass is 10.1. The molecule has 0 amide bonds. The van der Waals surface area contributed by atoms with E-state index in [1.54, 1.807) is 18.2 Å². The Morgan fingerprint density at radius 3 is 2.43 bits per heavy atom. The third-order valence-electron chi connectivity index (χ3n) is 3.40. The lowest BCUT2D eigenvalue weighted by Gasteiger charge is -2.08. The van der Waals surface area contributed by atoms with Crippen LogP contribution in [0.4, 0.5) is 11.4 Å². The number of hydrogen-bond acceptors (Lipinski definition) is 3. The molecule has 3 aromatic rings. The molecule has 4 nitrogen and oxygen atoms in total. The summed E-state index contributed by atoms with van der Waals surface area (Å²) in [5.41, 5.74) is 1.72. The fraction of sp³-hybridized carbons (Fsp3) is 0.0588.